The summed E-state index contributed by atoms with van der Waals surface area (Å²) < 4.78 is 4.79. The van der Waals surface area contributed by atoms with Crippen LogP contribution in [-0.4, -0.2) is 41.5 Å². The summed E-state index contributed by atoms with van der Waals surface area (Å²) in [4.78, 5) is 38.4. The number of pyridine rings is 1. The van der Waals surface area contributed by atoms with Gasteiger partial charge in [0.1, 0.15) is 12.2 Å². The number of nitrogens with one attached hydrogen (secondary N) is 1. The number of carbonyl (C=O) groups is 2. The average molecular weight is 264 g/mol. The van der Waals surface area contributed by atoms with Crippen molar-refractivity contribution < 1.29 is 14.3 Å². The van der Waals surface area contributed by atoms with Gasteiger partial charge >= 0.3 is 5.97 Å². The Kier molecular flexibility index (Phi) is 5.53. The number of rotatable bonds is 6. The molecule has 1 rings (SSSR count). The Morgan fingerprint density at radius 3 is 2.79 bits per heavy atom. The fraction of sp³-hybridized carbons (Fsp3) is 0.308. The fourth-order valence-electron chi connectivity index (χ4n) is 1.48. The standard InChI is InChI=1S/C13H16N2O4/c1-3-8-15(9-12(17)19-4-2)13(18)10-6-5-7-11(16)14-10/h3,5-7H,1,4,8-9H2,2H3,(H,14,16). The van der Waals surface area contributed by atoms with Crippen molar-refractivity contribution in [2.45, 2.75) is 6.92 Å². The van der Waals surface area contributed by atoms with E-state index in [9.17, 15) is 14.4 Å². The van der Waals surface area contributed by atoms with Crippen molar-refractivity contribution in [3.8, 4) is 0 Å². The van der Waals surface area contributed by atoms with E-state index >= 15 is 0 Å². The van der Waals surface area contributed by atoms with E-state index in [1.807, 2.05) is 0 Å². The van der Waals surface area contributed by atoms with Gasteiger partial charge in [0.15, 0.2) is 0 Å². The van der Waals surface area contributed by atoms with Gasteiger partial charge in [0, 0.05) is 12.6 Å². The van der Waals surface area contributed by atoms with E-state index in [-0.39, 0.29) is 30.9 Å². The summed E-state index contributed by atoms with van der Waals surface area (Å²) in [6, 6.07) is 4.26. The van der Waals surface area contributed by atoms with Gasteiger partial charge in [-0.05, 0) is 13.0 Å². The minimum Gasteiger partial charge on any atom is -0.465 e. The average Bonchev–Trinajstić information content (AvgIpc) is 2.37. The third kappa shape index (κ3) is 4.42. The molecule has 0 radical (unpaired) electrons. The molecule has 0 fully saturated rings. The third-order valence-electron chi connectivity index (χ3n) is 2.26. The van der Waals surface area contributed by atoms with Crippen molar-refractivity contribution >= 4 is 11.9 Å². The van der Waals surface area contributed by atoms with Crippen LogP contribution in [0.2, 0.25) is 0 Å². The summed E-state index contributed by atoms with van der Waals surface area (Å²) in [6.07, 6.45) is 1.50. The summed E-state index contributed by atoms with van der Waals surface area (Å²) in [5.41, 5.74) is -0.251. The Morgan fingerprint density at radius 1 is 1.47 bits per heavy atom. The lowest BCUT2D eigenvalue weighted by Crippen LogP contribution is -2.37. The maximum atomic E-state index is 12.1. The van der Waals surface area contributed by atoms with Crippen molar-refractivity contribution in [3.05, 3.63) is 46.9 Å². The van der Waals surface area contributed by atoms with Gasteiger partial charge in [-0.25, -0.2) is 0 Å². The molecule has 0 spiro atoms. The van der Waals surface area contributed by atoms with Crippen molar-refractivity contribution in [1.82, 2.24) is 9.88 Å². The van der Waals surface area contributed by atoms with Crippen LogP contribution in [0.4, 0.5) is 0 Å². The summed E-state index contributed by atoms with van der Waals surface area (Å²) in [7, 11) is 0. The Bertz CT molecular complexity index is 521. The summed E-state index contributed by atoms with van der Waals surface area (Å²) in [5.74, 6) is -0.957. The summed E-state index contributed by atoms with van der Waals surface area (Å²) >= 11 is 0. The molecule has 6 nitrogen and oxygen atoms in total. The molecule has 0 aliphatic rings. The Hall–Kier alpha value is -2.37. The molecule has 0 aromatic carbocycles. The van der Waals surface area contributed by atoms with Gasteiger partial charge in [0.2, 0.25) is 5.56 Å². The molecular weight excluding hydrogens is 248 g/mol. The van der Waals surface area contributed by atoms with Crippen LogP contribution in [0.5, 0.6) is 0 Å². The normalized spacial score (nSPS) is 9.74. The Labute approximate surface area is 110 Å². The molecule has 1 heterocycles. The minimum atomic E-state index is -0.504. The van der Waals surface area contributed by atoms with Crippen LogP contribution >= 0.6 is 0 Å². The largest absolute Gasteiger partial charge is 0.465 e. The first-order chi connectivity index (χ1) is 9.08. The lowest BCUT2D eigenvalue weighted by Gasteiger charge is -2.19. The lowest BCUT2D eigenvalue weighted by atomic mass is 10.3. The first kappa shape index (κ1) is 14.7. The molecule has 0 atom stereocenters. The second-order valence-corrected chi connectivity index (χ2v) is 3.71. The number of amides is 1. The van der Waals surface area contributed by atoms with Crippen molar-refractivity contribution in [1.29, 1.82) is 0 Å². The van der Waals surface area contributed by atoms with Gasteiger partial charge in [-0.3, -0.25) is 14.4 Å². The molecule has 0 unspecified atom stereocenters. The minimum absolute atomic E-state index is 0.124. The van der Waals surface area contributed by atoms with Gasteiger partial charge in [-0.1, -0.05) is 12.1 Å². The zero-order valence-electron chi connectivity index (χ0n) is 10.7. The fourth-order valence-corrected chi connectivity index (χ4v) is 1.48. The number of aromatic amines is 1. The van der Waals surface area contributed by atoms with E-state index in [0.29, 0.717) is 0 Å². The predicted molar refractivity (Wildman–Crippen MR) is 69.8 cm³/mol. The number of H-pyrrole nitrogens is 1. The molecule has 1 N–H and O–H groups in total. The number of aromatic nitrogens is 1. The van der Waals surface area contributed by atoms with Crippen LogP contribution in [-0.2, 0) is 9.53 Å². The SMILES string of the molecule is C=CCN(CC(=O)OCC)C(=O)c1cccc(=O)[nH]1. The van der Waals surface area contributed by atoms with Gasteiger partial charge in [0.05, 0.1) is 6.61 Å². The molecule has 19 heavy (non-hydrogen) atoms. The Morgan fingerprint density at radius 2 is 2.21 bits per heavy atom. The van der Waals surface area contributed by atoms with Crippen molar-refractivity contribution in [3.63, 3.8) is 0 Å². The highest BCUT2D eigenvalue weighted by Crippen LogP contribution is 2.01. The van der Waals surface area contributed by atoms with E-state index in [1.54, 1.807) is 6.92 Å². The first-order valence-corrected chi connectivity index (χ1v) is 5.83. The van der Waals surface area contributed by atoms with Gasteiger partial charge in [-0.2, -0.15) is 0 Å². The van der Waals surface area contributed by atoms with Crippen LogP contribution in [0.25, 0.3) is 0 Å². The molecule has 1 amide bonds. The zero-order chi connectivity index (χ0) is 14.3. The van der Waals surface area contributed by atoms with Crippen LogP contribution < -0.4 is 5.56 Å². The maximum absolute atomic E-state index is 12.1. The highest BCUT2D eigenvalue weighted by Gasteiger charge is 2.18. The molecule has 0 bridgehead atoms. The van der Waals surface area contributed by atoms with Gasteiger partial charge < -0.3 is 14.6 Å². The molecule has 0 aliphatic heterocycles. The number of hydrogen-bond acceptors (Lipinski definition) is 4. The smallest absolute Gasteiger partial charge is 0.325 e. The van der Waals surface area contributed by atoms with Crippen molar-refractivity contribution in [2.75, 3.05) is 19.7 Å². The molecule has 0 saturated carbocycles. The maximum Gasteiger partial charge on any atom is 0.325 e. The molecule has 0 saturated heterocycles. The number of nitrogens with zero attached hydrogens (tertiary/aromatic N) is 1. The quantitative estimate of drug-likeness (QED) is 0.601. The van der Waals surface area contributed by atoms with Crippen LogP contribution in [0.1, 0.15) is 17.4 Å². The van der Waals surface area contributed by atoms with E-state index in [2.05, 4.69) is 11.6 Å². The third-order valence-corrected chi connectivity index (χ3v) is 2.26. The molecular formula is C13H16N2O4. The summed E-state index contributed by atoms with van der Waals surface area (Å²) in [5, 5.41) is 0. The number of ether oxygens (including phenoxy) is 1. The number of carbonyl (C=O) groups excluding carboxylic acids is 2. The van der Waals surface area contributed by atoms with E-state index in [1.165, 1.54) is 29.2 Å². The van der Waals surface area contributed by atoms with Crippen LogP contribution in [0.15, 0.2) is 35.6 Å². The second-order valence-electron chi connectivity index (χ2n) is 3.71. The van der Waals surface area contributed by atoms with Crippen LogP contribution in [0.3, 0.4) is 0 Å². The highest BCUT2D eigenvalue weighted by atomic mass is 16.5. The molecule has 1 aromatic rings. The van der Waals surface area contributed by atoms with E-state index in [0.717, 1.165) is 0 Å². The molecule has 102 valence electrons. The first-order valence-electron chi connectivity index (χ1n) is 5.83. The second kappa shape index (κ2) is 7.15. The number of esters is 1. The van der Waals surface area contributed by atoms with E-state index < -0.39 is 11.9 Å². The molecule has 6 heteroatoms. The highest BCUT2D eigenvalue weighted by molar-refractivity contribution is 5.94. The van der Waals surface area contributed by atoms with Gasteiger partial charge in [0.25, 0.3) is 5.91 Å². The summed E-state index contributed by atoms with van der Waals surface area (Å²) in [6.45, 7) is 5.47. The van der Waals surface area contributed by atoms with Crippen LogP contribution in [0, 0.1) is 0 Å². The lowest BCUT2D eigenvalue weighted by molar-refractivity contribution is -0.143. The topological polar surface area (TPSA) is 79.5 Å². The Balaban J connectivity index is 2.86. The molecule has 0 aliphatic carbocycles. The predicted octanol–water partition coefficient (Wildman–Crippen LogP) is 0.566. The molecule has 1 aromatic heterocycles. The number of hydrogen-bond donors (Lipinski definition) is 1. The zero-order valence-corrected chi connectivity index (χ0v) is 10.7. The van der Waals surface area contributed by atoms with Crippen molar-refractivity contribution in [2.24, 2.45) is 0 Å². The monoisotopic (exact) mass is 264 g/mol. The van der Waals surface area contributed by atoms with Gasteiger partial charge in [-0.15, -0.1) is 6.58 Å². The van der Waals surface area contributed by atoms with E-state index in [4.69, 9.17) is 4.74 Å².